The lowest BCUT2D eigenvalue weighted by atomic mass is 10.0. The Kier molecular flexibility index (Phi) is 4.46. The summed E-state index contributed by atoms with van der Waals surface area (Å²) < 4.78 is 0. The van der Waals surface area contributed by atoms with E-state index in [-0.39, 0.29) is 23.1 Å². The van der Waals surface area contributed by atoms with Gasteiger partial charge in [0.25, 0.3) is 5.91 Å². The molecule has 5 heteroatoms. The summed E-state index contributed by atoms with van der Waals surface area (Å²) in [6.45, 7) is 3.97. The maximum absolute atomic E-state index is 12.8. The number of nitrogens with zero attached hydrogens (tertiary/aromatic N) is 3. The molecule has 5 nitrogen and oxygen atoms in total. The summed E-state index contributed by atoms with van der Waals surface area (Å²) in [4.78, 5) is 33.6. The molecule has 1 saturated carbocycles. The Bertz CT molecular complexity index is 850. The summed E-state index contributed by atoms with van der Waals surface area (Å²) >= 11 is 0. The van der Waals surface area contributed by atoms with E-state index in [0.717, 1.165) is 36.2 Å². The van der Waals surface area contributed by atoms with Gasteiger partial charge in [0, 0.05) is 43.2 Å². The van der Waals surface area contributed by atoms with Crippen LogP contribution >= 0.6 is 0 Å². The molecule has 2 fully saturated rings. The molecule has 2 atom stereocenters. The van der Waals surface area contributed by atoms with E-state index in [9.17, 15) is 9.59 Å². The van der Waals surface area contributed by atoms with Crippen molar-refractivity contribution in [2.45, 2.75) is 26.3 Å². The van der Waals surface area contributed by atoms with Crippen LogP contribution in [0.4, 0.5) is 0 Å². The molecule has 2 amide bonds. The van der Waals surface area contributed by atoms with Crippen LogP contribution in [-0.4, -0.2) is 46.7 Å². The van der Waals surface area contributed by atoms with Crippen LogP contribution in [0.5, 0.6) is 0 Å². The second-order valence-electron chi connectivity index (χ2n) is 7.98. The standard InChI is InChI=1S/C22H25N3O2/c1-16-6-8-17(9-7-16)20(26)25-12-10-22(15-25)13-19(22)21(27)24(2)14-18-5-3-4-11-23-18/h3-9,11,19H,10,12-15H2,1-2H3/t19-,22-/m0/s1. The predicted molar refractivity (Wildman–Crippen MR) is 103 cm³/mol. The molecule has 0 N–H and O–H groups in total. The minimum Gasteiger partial charge on any atom is -0.340 e. The molecule has 140 valence electrons. The minimum atomic E-state index is -0.0180. The Hall–Kier alpha value is -2.69. The topological polar surface area (TPSA) is 53.5 Å². The first-order valence-electron chi connectivity index (χ1n) is 9.49. The Labute approximate surface area is 160 Å². The maximum Gasteiger partial charge on any atom is 0.253 e. The molecule has 27 heavy (non-hydrogen) atoms. The van der Waals surface area contributed by atoms with E-state index < -0.39 is 0 Å². The monoisotopic (exact) mass is 363 g/mol. The Morgan fingerprint density at radius 1 is 1.22 bits per heavy atom. The molecule has 2 aromatic rings. The number of rotatable bonds is 4. The lowest BCUT2D eigenvalue weighted by Crippen LogP contribution is -2.32. The van der Waals surface area contributed by atoms with Gasteiger partial charge in [-0.1, -0.05) is 23.8 Å². The van der Waals surface area contributed by atoms with Crippen molar-refractivity contribution in [2.24, 2.45) is 11.3 Å². The number of likely N-dealkylation sites (tertiary alicyclic amines) is 1. The molecule has 1 aromatic heterocycles. The minimum absolute atomic E-state index is 0.0180. The van der Waals surface area contributed by atoms with E-state index in [1.54, 1.807) is 11.1 Å². The average Bonchev–Trinajstić information content (AvgIpc) is 3.21. The van der Waals surface area contributed by atoms with Crippen molar-refractivity contribution in [3.63, 3.8) is 0 Å². The number of benzene rings is 1. The second kappa shape index (κ2) is 6.80. The highest BCUT2D eigenvalue weighted by Gasteiger charge is 2.61. The summed E-state index contributed by atoms with van der Waals surface area (Å²) in [7, 11) is 1.84. The molecular formula is C22H25N3O2. The first kappa shape index (κ1) is 17.7. The molecule has 0 bridgehead atoms. The summed E-state index contributed by atoms with van der Waals surface area (Å²) in [5.41, 5.74) is 2.75. The Balaban J connectivity index is 1.37. The summed E-state index contributed by atoms with van der Waals surface area (Å²) in [5.74, 6) is 0.277. The SMILES string of the molecule is Cc1ccc(C(=O)N2CC[C@]3(C[C@H]3C(=O)N(C)Cc3ccccn3)C2)cc1. The van der Waals surface area contributed by atoms with Gasteiger partial charge in [0.1, 0.15) is 0 Å². The fraction of sp³-hybridized carbons (Fsp3) is 0.409. The largest absolute Gasteiger partial charge is 0.340 e. The van der Waals surface area contributed by atoms with Crippen LogP contribution in [0.3, 0.4) is 0 Å². The third kappa shape index (κ3) is 3.46. The number of carbonyl (C=O) groups is 2. The van der Waals surface area contributed by atoms with Crippen molar-refractivity contribution in [1.29, 1.82) is 0 Å². The zero-order valence-electron chi connectivity index (χ0n) is 15.9. The number of aryl methyl sites for hydroxylation is 1. The lowest BCUT2D eigenvalue weighted by molar-refractivity contribution is -0.132. The van der Waals surface area contributed by atoms with Gasteiger partial charge in [-0.05, 0) is 44.0 Å². The van der Waals surface area contributed by atoms with Crippen LogP contribution in [-0.2, 0) is 11.3 Å². The quantitative estimate of drug-likeness (QED) is 0.839. The van der Waals surface area contributed by atoms with Gasteiger partial charge in [-0.2, -0.15) is 0 Å². The Morgan fingerprint density at radius 3 is 2.70 bits per heavy atom. The van der Waals surface area contributed by atoms with E-state index in [4.69, 9.17) is 0 Å². The Morgan fingerprint density at radius 2 is 2.00 bits per heavy atom. The number of aromatic nitrogens is 1. The first-order chi connectivity index (χ1) is 13.0. The van der Waals surface area contributed by atoms with Gasteiger partial charge >= 0.3 is 0 Å². The molecule has 1 aliphatic heterocycles. The van der Waals surface area contributed by atoms with Gasteiger partial charge < -0.3 is 9.80 Å². The van der Waals surface area contributed by atoms with E-state index in [1.165, 1.54) is 0 Å². The molecular weight excluding hydrogens is 338 g/mol. The van der Waals surface area contributed by atoms with Crippen molar-refractivity contribution in [2.75, 3.05) is 20.1 Å². The number of hydrogen-bond acceptors (Lipinski definition) is 3. The van der Waals surface area contributed by atoms with Crippen molar-refractivity contribution in [3.05, 3.63) is 65.5 Å². The third-order valence-corrected chi connectivity index (χ3v) is 5.96. The molecule has 1 aliphatic carbocycles. The second-order valence-corrected chi connectivity index (χ2v) is 7.98. The maximum atomic E-state index is 12.8. The highest BCUT2D eigenvalue weighted by atomic mass is 16.2. The van der Waals surface area contributed by atoms with E-state index in [0.29, 0.717) is 13.1 Å². The van der Waals surface area contributed by atoms with Crippen molar-refractivity contribution < 1.29 is 9.59 Å². The average molecular weight is 363 g/mol. The smallest absolute Gasteiger partial charge is 0.253 e. The predicted octanol–water partition coefficient (Wildman–Crippen LogP) is 2.90. The third-order valence-electron chi connectivity index (χ3n) is 5.96. The van der Waals surface area contributed by atoms with E-state index in [1.807, 2.05) is 61.3 Å². The van der Waals surface area contributed by atoms with E-state index in [2.05, 4.69) is 4.98 Å². The van der Waals surface area contributed by atoms with Crippen LogP contribution in [0, 0.1) is 18.3 Å². The molecule has 1 spiro atoms. The normalized spacial score (nSPS) is 23.5. The molecule has 2 aliphatic rings. The molecule has 1 saturated heterocycles. The van der Waals surface area contributed by atoms with E-state index >= 15 is 0 Å². The lowest BCUT2D eigenvalue weighted by Gasteiger charge is -2.19. The van der Waals surface area contributed by atoms with Crippen LogP contribution in [0.1, 0.15) is 34.5 Å². The van der Waals surface area contributed by atoms with Gasteiger partial charge in [-0.15, -0.1) is 0 Å². The zero-order valence-corrected chi connectivity index (χ0v) is 15.9. The molecule has 2 heterocycles. The van der Waals surface area contributed by atoms with Gasteiger partial charge in [0.15, 0.2) is 0 Å². The highest BCUT2D eigenvalue weighted by Crippen LogP contribution is 2.59. The van der Waals surface area contributed by atoms with Gasteiger partial charge in [-0.25, -0.2) is 0 Å². The van der Waals surface area contributed by atoms with Crippen LogP contribution in [0.2, 0.25) is 0 Å². The fourth-order valence-corrected chi connectivity index (χ4v) is 4.17. The van der Waals surface area contributed by atoms with Crippen LogP contribution in [0.25, 0.3) is 0 Å². The van der Waals surface area contributed by atoms with Gasteiger partial charge in [-0.3, -0.25) is 14.6 Å². The van der Waals surface area contributed by atoms with Crippen LogP contribution in [0.15, 0.2) is 48.7 Å². The molecule has 0 unspecified atom stereocenters. The van der Waals surface area contributed by atoms with Gasteiger partial charge in [0.05, 0.1) is 12.2 Å². The van der Waals surface area contributed by atoms with Crippen molar-refractivity contribution in [3.8, 4) is 0 Å². The molecule has 1 aromatic carbocycles. The van der Waals surface area contributed by atoms with Crippen molar-refractivity contribution >= 4 is 11.8 Å². The summed E-state index contributed by atoms with van der Waals surface area (Å²) in [5, 5.41) is 0. The van der Waals surface area contributed by atoms with Crippen molar-refractivity contribution in [1.82, 2.24) is 14.8 Å². The highest BCUT2D eigenvalue weighted by molar-refractivity contribution is 5.94. The molecule has 4 rings (SSSR count). The van der Waals surface area contributed by atoms with Gasteiger partial charge in [0.2, 0.25) is 5.91 Å². The summed E-state index contributed by atoms with van der Waals surface area (Å²) in [6, 6.07) is 13.5. The van der Waals surface area contributed by atoms with Crippen LogP contribution < -0.4 is 0 Å². The zero-order chi connectivity index (χ0) is 19.0. The molecule has 0 radical (unpaired) electrons. The first-order valence-corrected chi connectivity index (χ1v) is 9.49. The number of amides is 2. The number of hydrogen-bond donors (Lipinski definition) is 0. The number of pyridine rings is 1. The number of carbonyl (C=O) groups excluding carboxylic acids is 2. The summed E-state index contributed by atoms with van der Waals surface area (Å²) in [6.07, 6.45) is 3.55. The fourth-order valence-electron chi connectivity index (χ4n) is 4.17.